The van der Waals surface area contributed by atoms with E-state index in [1.807, 2.05) is 18.2 Å². The summed E-state index contributed by atoms with van der Waals surface area (Å²) >= 11 is 1.67. The fourth-order valence-corrected chi connectivity index (χ4v) is 5.04. The molecule has 0 spiro atoms. The van der Waals surface area contributed by atoms with Crippen LogP contribution in [0.2, 0.25) is 0 Å². The van der Waals surface area contributed by atoms with Crippen molar-refractivity contribution in [2.24, 2.45) is 0 Å². The van der Waals surface area contributed by atoms with Crippen LogP contribution in [0.25, 0.3) is 10.2 Å². The molecule has 0 bridgehead atoms. The molecule has 1 amide bonds. The highest BCUT2D eigenvalue weighted by Crippen LogP contribution is 2.38. The largest absolute Gasteiger partial charge is 0.300 e. The molecule has 1 atom stereocenters. The Morgan fingerprint density at radius 1 is 1.19 bits per heavy atom. The monoisotopic (exact) mass is 381 g/mol. The first-order chi connectivity index (χ1) is 13.1. The van der Waals surface area contributed by atoms with E-state index in [1.165, 1.54) is 17.0 Å². The maximum atomic E-state index is 13.5. The van der Waals surface area contributed by atoms with E-state index >= 15 is 0 Å². The first-order valence-corrected chi connectivity index (χ1v) is 9.69. The summed E-state index contributed by atoms with van der Waals surface area (Å²) in [4.78, 5) is 33.1. The predicted molar refractivity (Wildman–Crippen MR) is 101 cm³/mol. The summed E-state index contributed by atoms with van der Waals surface area (Å²) in [6.45, 7) is 1.14. The van der Waals surface area contributed by atoms with Gasteiger partial charge in [-0.3, -0.25) is 19.4 Å². The number of Topliss-reactive ketones (excluding diaryl/α,β-unsaturated/α-hetero) is 1. The lowest BCUT2D eigenvalue weighted by Crippen LogP contribution is -2.40. The van der Waals surface area contributed by atoms with E-state index in [0.717, 1.165) is 40.7 Å². The minimum absolute atomic E-state index is 0.120. The van der Waals surface area contributed by atoms with Gasteiger partial charge >= 0.3 is 5.91 Å². The number of halogens is 1. The zero-order valence-electron chi connectivity index (χ0n) is 14.4. The van der Waals surface area contributed by atoms with Crippen molar-refractivity contribution in [1.82, 2.24) is 9.88 Å². The molecule has 5 rings (SSSR count). The molecule has 1 saturated heterocycles. The Bertz CT molecular complexity index is 1050. The highest BCUT2D eigenvalue weighted by Gasteiger charge is 2.39. The number of nitrogens with zero attached hydrogens (tertiary/aromatic N) is 3. The van der Waals surface area contributed by atoms with E-state index in [2.05, 4.69) is 11.0 Å². The number of benzene rings is 2. The Kier molecular flexibility index (Phi) is 3.80. The van der Waals surface area contributed by atoms with Gasteiger partial charge in [-0.15, -0.1) is 11.3 Å². The fourth-order valence-electron chi connectivity index (χ4n) is 3.90. The van der Waals surface area contributed by atoms with Crippen molar-refractivity contribution in [2.75, 3.05) is 18.1 Å². The Hall–Kier alpha value is -2.64. The molecule has 1 fully saturated rings. The van der Waals surface area contributed by atoms with Crippen molar-refractivity contribution in [3.63, 3.8) is 0 Å². The maximum absolute atomic E-state index is 13.5. The van der Waals surface area contributed by atoms with E-state index in [-0.39, 0.29) is 11.6 Å². The molecule has 7 heteroatoms. The van der Waals surface area contributed by atoms with Gasteiger partial charge in [0.1, 0.15) is 10.8 Å². The van der Waals surface area contributed by atoms with Crippen LogP contribution in [0.3, 0.4) is 0 Å². The Morgan fingerprint density at radius 3 is 2.89 bits per heavy atom. The summed E-state index contributed by atoms with van der Waals surface area (Å²) in [5.74, 6) is -1.74. The van der Waals surface area contributed by atoms with Gasteiger partial charge < -0.3 is 0 Å². The quantitative estimate of drug-likeness (QED) is 0.649. The van der Waals surface area contributed by atoms with Crippen LogP contribution in [0.15, 0.2) is 42.5 Å². The molecular formula is C20H16FN3O2S. The highest BCUT2D eigenvalue weighted by molar-refractivity contribution is 7.18. The van der Waals surface area contributed by atoms with Gasteiger partial charge in [0.15, 0.2) is 0 Å². The average Bonchev–Trinajstić information content (AvgIpc) is 3.35. The SMILES string of the molecule is O=C1C(=O)N(CN2CCC[C@H]2c2nc3ccccc3s2)c2ccc(F)cc21. The molecule has 0 radical (unpaired) electrons. The predicted octanol–water partition coefficient (Wildman–Crippen LogP) is 3.76. The Balaban J connectivity index is 1.45. The molecule has 0 N–H and O–H groups in total. The number of amides is 1. The lowest BCUT2D eigenvalue weighted by molar-refractivity contribution is -0.114. The van der Waals surface area contributed by atoms with E-state index in [9.17, 15) is 14.0 Å². The summed E-state index contributed by atoms with van der Waals surface area (Å²) in [6, 6.07) is 12.1. The van der Waals surface area contributed by atoms with Gasteiger partial charge in [-0.1, -0.05) is 12.1 Å². The van der Waals surface area contributed by atoms with Crippen LogP contribution in [0.5, 0.6) is 0 Å². The standard InChI is InChI=1S/C20H16FN3O2S/c21-12-7-8-15-13(10-12)18(25)20(26)24(15)11-23-9-3-5-16(23)19-22-14-4-1-2-6-17(14)27-19/h1-2,4,6-8,10,16H,3,5,9,11H2/t16-/m0/s1. The number of fused-ring (bicyclic) bond motifs is 2. The highest BCUT2D eigenvalue weighted by atomic mass is 32.1. The number of hydrogen-bond acceptors (Lipinski definition) is 5. The zero-order chi connectivity index (χ0) is 18.5. The Labute approximate surface area is 159 Å². The van der Waals surface area contributed by atoms with E-state index in [1.54, 1.807) is 11.3 Å². The molecule has 0 aliphatic carbocycles. The van der Waals surface area contributed by atoms with Crippen LogP contribution in [0.4, 0.5) is 10.1 Å². The third-order valence-electron chi connectivity index (χ3n) is 5.22. The van der Waals surface area contributed by atoms with Gasteiger partial charge in [0.05, 0.1) is 34.2 Å². The van der Waals surface area contributed by atoms with Crippen molar-refractivity contribution in [1.29, 1.82) is 0 Å². The van der Waals surface area contributed by atoms with Crippen molar-refractivity contribution < 1.29 is 14.0 Å². The maximum Gasteiger partial charge on any atom is 0.300 e. The summed E-state index contributed by atoms with van der Waals surface area (Å²) in [5.41, 5.74) is 1.62. The second-order valence-electron chi connectivity index (χ2n) is 6.86. The molecular weight excluding hydrogens is 365 g/mol. The van der Waals surface area contributed by atoms with Gasteiger partial charge in [-0.05, 0) is 43.2 Å². The van der Waals surface area contributed by atoms with Gasteiger partial charge in [0.2, 0.25) is 0 Å². The van der Waals surface area contributed by atoms with Gasteiger partial charge in [0, 0.05) is 6.54 Å². The normalized spacial score (nSPS) is 20.0. The van der Waals surface area contributed by atoms with Crippen molar-refractivity contribution in [2.45, 2.75) is 18.9 Å². The third-order valence-corrected chi connectivity index (χ3v) is 6.35. The first kappa shape index (κ1) is 16.5. The summed E-state index contributed by atoms with van der Waals surface area (Å²) in [7, 11) is 0. The molecule has 3 aromatic rings. The number of aromatic nitrogens is 1. The summed E-state index contributed by atoms with van der Waals surface area (Å²) < 4.78 is 14.6. The number of carbonyl (C=O) groups is 2. The number of anilines is 1. The van der Waals surface area contributed by atoms with Gasteiger partial charge in [0.25, 0.3) is 5.78 Å². The third kappa shape index (κ3) is 2.65. The average molecular weight is 381 g/mol. The van der Waals surface area contributed by atoms with Crippen LogP contribution in [0, 0.1) is 5.82 Å². The molecule has 1 aromatic heterocycles. The topological polar surface area (TPSA) is 53.5 Å². The van der Waals surface area contributed by atoms with E-state index < -0.39 is 17.5 Å². The van der Waals surface area contributed by atoms with Crippen molar-refractivity contribution >= 4 is 38.9 Å². The molecule has 136 valence electrons. The molecule has 0 unspecified atom stereocenters. The zero-order valence-corrected chi connectivity index (χ0v) is 15.2. The van der Waals surface area contributed by atoms with Crippen LogP contribution < -0.4 is 4.90 Å². The molecule has 0 saturated carbocycles. The molecule has 3 heterocycles. The second kappa shape index (κ2) is 6.21. The van der Waals surface area contributed by atoms with Crippen molar-refractivity contribution in [3.8, 4) is 0 Å². The van der Waals surface area contributed by atoms with Gasteiger partial charge in [-0.25, -0.2) is 9.37 Å². The fraction of sp³-hybridized carbons (Fsp3) is 0.250. The lowest BCUT2D eigenvalue weighted by atomic mass is 10.1. The number of hydrogen-bond donors (Lipinski definition) is 0. The molecule has 2 aliphatic rings. The number of rotatable bonds is 3. The summed E-state index contributed by atoms with van der Waals surface area (Å²) in [6.07, 6.45) is 1.97. The van der Waals surface area contributed by atoms with Gasteiger partial charge in [-0.2, -0.15) is 0 Å². The smallest absolute Gasteiger partial charge is 0.291 e. The molecule has 27 heavy (non-hydrogen) atoms. The minimum Gasteiger partial charge on any atom is -0.291 e. The summed E-state index contributed by atoms with van der Waals surface area (Å²) in [5, 5.41) is 1.03. The van der Waals surface area contributed by atoms with E-state index in [0.29, 0.717) is 12.4 Å². The van der Waals surface area contributed by atoms with Crippen LogP contribution in [0.1, 0.15) is 34.2 Å². The number of thiazole rings is 1. The number of para-hydroxylation sites is 1. The second-order valence-corrected chi connectivity index (χ2v) is 7.92. The van der Waals surface area contributed by atoms with Crippen molar-refractivity contribution in [3.05, 3.63) is 58.9 Å². The minimum atomic E-state index is -0.639. The van der Waals surface area contributed by atoms with E-state index in [4.69, 9.17) is 4.98 Å². The number of likely N-dealkylation sites (tertiary alicyclic amines) is 1. The van der Waals surface area contributed by atoms with Crippen LogP contribution >= 0.6 is 11.3 Å². The van der Waals surface area contributed by atoms with Crippen LogP contribution in [-0.2, 0) is 4.79 Å². The Morgan fingerprint density at radius 2 is 2.04 bits per heavy atom. The van der Waals surface area contributed by atoms with Crippen LogP contribution in [-0.4, -0.2) is 34.8 Å². The molecule has 2 aliphatic heterocycles. The number of ketones is 1. The lowest BCUT2D eigenvalue weighted by Gasteiger charge is -2.28. The molecule has 5 nitrogen and oxygen atoms in total. The molecule has 2 aromatic carbocycles. The first-order valence-electron chi connectivity index (χ1n) is 8.87. The number of carbonyl (C=O) groups excluding carboxylic acids is 2.